The van der Waals surface area contributed by atoms with Gasteiger partial charge in [-0.15, -0.1) is 0 Å². The molecule has 0 aliphatic rings. The maximum Gasteiger partial charge on any atom is 0.255 e. The first-order chi connectivity index (χ1) is 14.1. The van der Waals surface area contributed by atoms with Gasteiger partial charge >= 0.3 is 0 Å². The second kappa shape index (κ2) is 8.29. The number of hydrogen-bond acceptors (Lipinski definition) is 2. The second-order valence-electron chi connectivity index (χ2n) is 6.78. The van der Waals surface area contributed by atoms with Gasteiger partial charge in [0.1, 0.15) is 0 Å². The van der Waals surface area contributed by atoms with Gasteiger partial charge in [0.05, 0.1) is 11.9 Å². The third-order valence-corrected chi connectivity index (χ3v) is 5.03. The van der Waals surface area contributed by atoms with Crippen molar-refractivity contribution >= 4 is 23.2 Å². The average Bonchev–Trinajstić information content (AvgIpc) is 2.76. The lowest BCUT2D eigenvalue weighted by Gasteiger charge is -2.10. The van der Waals surface area contributed by atoms with Crippen molar-refractivity contribution in [1.29, 1.82) is 0 Å². The summed E-state index contributed by atoms with van der Waals surface area (Å²) < 4.78 is 0. The Morgan fingerprint density at radius 3 is 2.21 bits per heavy atom. The molecule has 29 heavy (non-hydrogen) atoms. The zero-order valence-corrected chi connectivity index (χ0v) is 16.6. The van der Waals surface area contributed by atoms with E-state index in [4.69, 9.17) is 11.6 Å². The fourth-order valence-corrected chi connectivity index (χ4v) is 3.33. The van der Waals surface area contributed by atoms with Crippen LogP contribution in [0.4, 0.5) is 5.69 Å². The van der Waals surface area contributed by atoms with Gasteiger partial charge < -0.3 is 5.32 Å². The van der Waals surface area contributed by atoms with E-state index in [0.717, 1.165) is 27.9 Å². The van der Waals surface area contributed by atoms with Gasteiger partial charge in [0.15, 0.2) is 0 Å². The molecule has 0 unspecified atom stereocenters. The Balaban J connectivity index is 1.59. The Kier molecular flexibility index (Phi) is 5.41. The number of pyridine rings is 1. The number of rotatable bonds is 4. The number of nitrogens with one attached hydrogen (secondary N) is 1. The van der Waals surface area contributed by atoms with Crippen LogP contribution in [-0.4, -0.2) is 10.9 Å². The molecular formula is C25H19ClN2O. The normalized spacial score (nSPS) is 10.6. The molecule has 0 spiro atoms. The Labute approximate surface area is 175 Å². The number of hydrogen-bond donors (Lipinski definition) is 1. The van der Waals surface area contributed by atoms with E-state index in [1.807, 2.05) is 55.5 Å². The summed E-state index contributed by atoms with van der Waals surface area (Å²) in [4.78, 5) is 16.9. The topological polar surface area (TPSA) is 42.0 Å². The number of benzene rings is 3. The van der Waals surface area contributed by atoms with Crippen LogP contribution in [0, 0.1) is 6.92 Å². The molecule has 1 amide bonds. The molecule has 142 valence electrons. The summed E-state index contributed by atoms with van der Waals surface area (Å²) >= 11 is 6.43. The first-order valence-electron chi connectivity index (χ1n) is 9.29. The predicted octanol–water partition coefficient (Wildman–Crippen LogP) is 6.63. The number of aromatic nitrogens is 1. The van der Waals surface area contributed by atoms with Crippen LogP contribution < -0.4 is 5.32 Å². The largest absolute Gasteiger partial charge is 0.321 e. The third-order valence-electron chi connectivity index (χ3n) is 4.70. The van der Waals surface area contributed by atoms with Gasteiger partial charge in [-0.1, -0.05) is 66.2 Å². The van der Waals surface area contributed by atoms with Crippen molar-refractivity contribution in [2.45, 2.75) is 6.92 Å². The molecule has 1 aromatic heterocycles. The lowest BCUT2D eigenvalue weighted by molar-refractivity contribution is 0.102. The van der Waals surface area contributed by atoms with Crippen molar-refractivity contribution in [2.24, 2.45) is 0 Å². The molecule has 4 rings (SSSR count). The van der Waals surface area contributed by atoms with Gasteiger partial charge in [-0.25, -0.2) is 0 Å². The molecule has 4 aromatic rings. The van der Waals surface area contributed by atoms with Crippen molar-refractivity contribution in [3.63, 3.8) is 0 Å². The van der Waals surface area contributed by atoms with E-state index in [9.17, 15) is 4.79 Å². The number of carbonyl (C=O) groups is 1. The van der Waals surface area contributed by atoms with E-state index in [2.05, 4.69) is 34.6 Å². The van der Waals surface area contributed by atoms with E-state index < -0.39 is 0 Å². The molecule has 0 aliphatic heterocycles. The Bertz CT molecular complexity index is 1140. The van der Waals surface area contributed by atoms with Crippen LogP contribution in [0.1, 0.15) is 16.1 Å². The van der Waals surface area contributed by atoms with E-state index in [-0.39, 0.29) is 5.91 Å². The SMILES string of the molecule is Cc1ccc(NC(=O)c2ccc(Cl)c(-c3ccc(-c4ccccc4)cc3)c2)cn1. The molecule has 0 atom stereocenters. The Morgan fingerprint density at radius 1 is 0.828 bits per heavy atom. The van der Waals surface area contributed by atoms with Crippen molar-refractivity contribution in [3.8, 4) is 22.3 Å². The first-order valence-corrected chi connectivity index (χ1v) is 9.67. The molecule has 0 saturated carbocycles. The molecule has 1 N–H and O–H groups in total. The minimum atomic E-state index is -0.200. The molecule has 0 bridgehead atoms. The van der Waals surface area contributed by atoms with E-state index >= 15 is 0 Å². The van der Waals surface area contributed by atoms with Crippen LogP contribution >= 0.6 is 11.6 Å². The number of halogens is 1. The summed E-state index contributed by atoms with van der Waals surface area (Å²) in [5.74, 6) is -0.200. The second-order valence-corrected chi connectivity index (χ2v) is 7.19. The zero-order chi connectivity index (χ0) is 20.2. The van der Waals surface area contributed by atoms with Gasteiger partial charge in [-0.3, -0.25) is 9.78 Å². The highest BCUT2D eigenvalue weighted by atomic mass is 35.5. The lowest BCUT2D eigenvalue weighted by Crippen LogP contribution is -2.12. The molecule has 0 saturated heterocycles. The number of aryl methyl sites for hydroxylation is 1. The summed E-state index contributed by atoms with van der Waals surface area (Å²) in [6, 6.07) is 27.3. The summed E-state index contributed by atoms with van der Waals surface area (Å²) in [6.45, 7) is 1.90. The first kappa shape index (κ1) is 18.9. The highest BCUT2D eigenvalue weighted by molar-refractivity contribution is 6.33. The minimum Gasteiger partial charge on any atom is -0.321 e. The minimum absolute atomic E-state index is 0.200. The quantitative estimate of drug-likeness (QED) is 0.419. The predicted molar refractivity (Wildman–Crippen MR) is 119 cm³/mol. The smallest absolute Gasteiger partial charge is 0.255 e. The number of carbonyl (C=O) groups excluding carboxylic acids is 1. The standard InChI is InChI=1S/C25H19ClN2O/c1-17-7-13-22(16-27-17)28-25(29)21-12-14-24(26)23(15-21)20-10-8-19(9-11-20)18-5-3-2-4-6-18/h2-16H,1H3,(H,28,29). The third kappa shape index (κ3) is 4.36. The van der Waals surface area contributed by atoms with Crippen molar-refractivity contribution in [3.05, 3.63) is 107 Å². The van der Waals surface area contributed by atoms with Crippen LogP contribution in [-0.2, 0) is 0 Å². The zero-order valence-electron chi connectivity index (χ0n) is 15.9. The van der Waals surface area contributed by atoms with Gasteiger partial charge in [-0.05, 0) is 53.9 Å². The van der Waals surface area contributed by atoms with Gasteiger partial charge in [0.2, 0.25) is 0 Å². The molecule has 3 nitrogen and oxygen atoms in total. The fourth-order valence-electron chi connectivity index (χ4n) is 3.11. The van der Waals surface area contributed by atoms with Gasteiger partial charge in [0.25, 0.3) is 5.91 Å². The van der Waals surface area contributed by atoms with E-state index in [1.165, 1.54) is 0 Å². The molecule has 3 aromatic carbocycles. The number of anilines is 1. The summed E-state index contributed by atoms with van der Waals surface area (Å²) in [7, 11) is 0. The molecule has 0 aliphatic carbocycles. The summed E-state index contributed by atoms with van der Waals surface area (Å²) in [6.07, 6.45) is 1.65. The molecule has 1 heterocycles. The van der Waals surface area contributed by atoms with Crippen LogP contribution in [0.15, 0.2) is 91.1 Å². The van der Waals surface area contributed by atoms with Crippen molar-refractivity contribution in [1.82, 2.24) is 4.98 Å². The maximum absolute atomic E-state index is 12.7. The Morgan fingerprint density at radius 2 is 1.52 bits per heavy atom. The number of nitrogens with zero attached hydrogens (tertiary/aromatic N) is 1. The maximum atomic E-state index is 12.7. The highest BCUT2D eigenvalue weighted by Gasteiger charge is 2.11. The van der Waals surface area contributed by atoms with Crippen LogP contribution in [0.2, 0.25) is 5.02 Å². The summed E-state index contributed by atoms with van der Waals surface area (Å²) in [5.41, 5.74) is 6.16. The summed E-state index contributed by atoms with van der Waals surface area (Å²) in [5, 5.41) is 3.47. The van der Waals surface area contributed by atoms with Crippen LogP contribution in [0.25, 0.3) is 22.3 Å². The average molecular weight is 399 g/mol. The molecule has 4 heteroatoms. The van der Waals surface area contributed by atoms with Crippen molar-refractivity contribution < 1.29 is 4.79 Å². The van der Waals surface area contributed by atoms with Crippen LogP contribution in [0.3, 0.4) is 0 Å². The molecule has 0 radical (unpaired) electrons. The lowest BCUT2D eigenvalue weighted by atomic mass is 9.99. The molecular weight excluding hydrogens is 380 g/mol. The fraction of sp³-hybridized carbons (Fsp3) is 0.0400. The van der Waals surface area contributed by atoms with E-state index in [1.54, 1.807) is 18.3 Å². The van der Waals surface area contributed by atoms with Gasteiger partial charge in [-0.2, -0.15) is 0 Å². The van der Waals surface area contributed by atoms with Gasteiger partial charge in [0, 0.05) is 21.8 Å². The monoisotopic (exact) mass is 398 g/mol. The molecule has 0 fully saturated rings. The van der Waals surface area contributed by atoms with Crippen molar-refractivity contribution in [2.75, 3.05) is 5.32 Å². The Hall–Kier alpha value is -3.43. The van der Waals surface area contributed by atoms with Crippen LogP contribution in [0.5, 0.6) is 0 Å². The van der Waals surface area contributed by atoms with E-state index in [0.29, 0.717) is 16.3 Å². The number of amides is 1. The highest BCUT2D eigenvalue weighted by Crippen LogP contribution is 2.31.